The maximum Gasteiger partial charge on any atom is 0.433 e. The molecule has 4 rings (SSSR count). The summed E-state index contributed by atoms with van der Waals surface area (Å²) in [6.07, 6.45) is -2.76. The molecule has 1 N–H and O–H groups in total. The Balaban J connectivity index is 1.38. The van der Waals surface area contributed by atoms with Gasteiger partial charge in [-0.25, -0.2) is 9.97 Å². The Morgan fingerprint density at radius 2 is 1.81 bits per heavy atom. The molecule has 1 unspecified atom stereocenters. The van der Waals surface area contributed by atoms with Crippen molar-refractivity contribution in [3.8, 4) is 5.75 Å². The number of ether oxygens (including phenoxy) is 1. The smallest absolute Gasteiger partial charge is 0.433 e. The van der Waals surface area contributed by atoms with E-state index in [0.29, 0.717) is 30.8 Å². The van der Waals surface area contributed by atoms with Crippen LogP contribution >= 0.6 is 0 Å². The van der Waals surface area contributed by atoms with Crippen molar-refractivity contribution in [1.29, 1.82) is 0 Å². The van der Waals surface area contributed by atoms with Gasteiger partial charge < -0.3 is 14.7 Å². The molecule has 1 saturated heterocycles. The van der Waals surface area contributed by atoms with E-state index < -0.39 is 18.0 Å². The zero-order valence-corrected chi connectivity index (χ0v) is 17.5. The molecule has 3 aromatic rings. The van der Waals surface area contributed by atoms with Crippen LogP contribution in [0.2, 0.25) is 0 Å². The Morgan fingerprint density at radius 1 is 1.00 bits per heavy atom. The number of para-hydroxylation sites is 1. The van der Waals surface area contributed by atoms with Crippen molar-refractivity contribution in [2.75, 3.05) is 44.2 Å². The largest absolute Gasteiger partial charge is 0.491 e. The quantitative estimate of drug-likeness (QED) is 0.625. The van der Waals surface area contributed by atoms with Gasteiger partial charge in [0.25, 0.3) is 0 Å². The van der Waals surface area contributed by atoms with Crippen molar-refractivity contribution in [1.82, 2.24) is 14.9 Å². The van der Waals surface area contributed by atoms with Gasteiger partial charge in [-0.3, -0.25) is 4.90 Å². The number of hydrogen-bond donors (Lipinski definition) is 1. The highest BCUT2D eigenvalue weighted by molar-refractivity contribution is 5.89. The van der Waals surface area contributed by atoms with Crippen molar-refractivity contribution in [3.63, 3.8) is 0 Å². The van der Waals surface area contributed by atoms with Crippen LogP contribution in [0, 0.1) is 0 Å². The lowest BCUT2D eigenvalue weighted by molar-refractivity contribution is -0.140. The molecule has 0 saturated carbocycles. The number of benzene rings is 1. The van der Waals surface area contributed by atoms with E-state index in [0.717, 1.165) is 31.3 Å². The number of pyridine rings is 2. The molecule has 170 valence electrons. The third-order valence-corrected chi connectivity index (χ3v) is 5.43. The lowest BCUT2D eigenvalue weighted by Gasteiger charge is -2.25. The van der Waals surface area contributed by atoms with Gasteiger partial charge in [0.1, 0.15) is 30.0 Å². The van der Waals surface area contributed by atoms with Gasteiger partial charge in [0.15, 0.2) is 0 Å². The van der Waals surface area contributed by atoms with Crippen molar-refractivity contribution in [3.05, 3.63) is 60.4 Å². The van der Waals surface area contributed by atoms with Crippen molar-refractivity contribution >= 4 is 16.7 Å². The first-order chi connectivity index (χ1) is 15.4. The summed E-state index contributed by atoms with van der Waals surface area (Å²) in [5.74, 6) is 1.36. The van der Waals surface area contributed by atoms with E-state index in [1.165, 1.54) is 18.3 Å². The molecule has 0 spiro atoms. The molecule has 32 heavy (non-hydrogen) atoms. The molecule has 3 heterocycles. The van der Waals surface area contributed by atoms with Crippen molar-refractivity contribution < 1.29 is 23.0 Å². The first-order valence-electron chi connectivity index (χ1n) is 10.6. The molecule has 0 radical (unpaired) electrons. The molecule has 1 fully saturated rings. The Hall–Kier alpha value is -2.91. The van der Waals surface area contributed by atoms with Crippen LogP contribution in [0.15, 0.2) is 54.7 Å². The summed E-state index contributed by atoms with van der Waals surface area (Å²) in [4.78, 5) is 12.5. The number of hydrogen-bond acceptors (Lipinski definition) is 6. The number of anilines is 1. The molecular formula is C23H25F3N4O2. The normalized spacial score (nSPS) is 16.7. The molecular weight excluding hydrogens is 421 g/mol. The van der Waals surface area contributed by atoms with Gasteiger partial charge in [-0.1, -0.05) is 18.2 Å². The van der Waals surface area contributed by atoms with Gasteiger partial charge in [-0.15, -0.1) is 0 Å². The number of halogens is 3. The molecule has 1 aromatic carbocycles. The summed E-state index contributed by atoms with van der Waals surface area (Å²) in [5.41, 5.74) is -0.629. The van der Waals surface area contributed by atoms with E-state index in [1.807, 2.05) is 30.3 Å². The summed E-state index contributed by atoms with van der Waals surface area (Å²) in [5, 5.41) is 11.0. The van der Waals surface area contributed by atoms with E-state index in [1.54, 1.807) is 0 Å². The van der Waals surface area contributed by atoms with Crippen molar-refractivity contribution in [2.24, 2.45) is 0 Å². The molecule has 0 amide bonds. The van der Waals surface area contributed by atoms with Crippen LogP contribution in [0.1, 0.15) is 12.1 Å². The minimum Gasteiger partial charge on any atom is -0.491 e. The Kier molecular flexibility index (Phi) is 6.76. The van der Waals surface area contributed by atoms with Crippen LogP contribution in [0.3, 0.4) is 0 Å². The highest BCUT2D eigenvalue weighted by Gasteiger charge is 2.32. The van der Waals surface area contributed by atoms with Crippen LogP contribution < -0.4 is 9.64 Å². The van der Waals surface area contributed by atoms with Crippen LogP contribution in [0.5, 0.6) is 5.75 Å². The standard InChI is InChI=1S/C23H25F3N4O2/c24-23(25,26)21-8-7-19-20(28-21)9-10-27-22(19)30-12-4-11-29(13-14-30)15-17(31)16-32-18-5-2-1-3-6-18/h1-3,5-10,17,31H,4,11-16H2. The second-order valence-electron chi connectivity index (χ2n) is 7.81. The van der Waals surface area contributed by atoms with Crippen molar-refractivity contribution in [2.45, 2.75) is 18.7 Å². The summed E-state index contributed by atoms with van der Waals surface area (Å²) in [7, 11) is 0. The van der Waals surface area contributed by atoms with Gasteiger partial charge in [-0.2, -0.15) is 13.2 Å². The Labute approximate surface area is 184 Å². The number of rotatable bonds is 6. The minimum absolute atomic E-state index is 0.211. The SMILES string of the molecule is OC(COc1ccccc1)CN1CCCN(c2nccc3nc(C(F)(F)F)ccc23)CC1. The average Bonchev–Trinajstić information content (AvgIpc) is 3.02. The fraction of sp³-hybridized carbons (Fsp3) is 0.391. The lowest BCUT2D eigenvalue weighted by Crippen LogP contribution is -2.38. The number of β-amino-alcohol motifs (C(OH)–C–C–N with tert-alkyl or cyclic N) is 1. The highest BCUT2D eigenvalue weighted by atomic mass is 19.4. The highest BCUT2D eigenvalue weighted by Crippen LogP contribution is 2.31. The van der Waals surface area contributed by atoms with Crippen LogP contribution in [0.25, 0.3) is 10.9 Å². The van der Waals surface area contributed by atoms with E-state index in [9.17, 15) is 18.3 Å². The second kappa shape index (κ2) is 9.70. The van der Waals surface area contributed by atoms with E-state index in [4.69, 9.17) is 4.74 Å². The fourth-order valence-electron chi connectivity index (χ4n) is 3.87. The molecule has 1 atom stereocenters. The first-order valence-corrected chi connectivity index (χ1v) is 10.6. The summed E-state index contributed by atoms with van der Waals surface area (Å²) < 4.78 is 44.6. The number of aliphatic hydroxyl groups excluding tert-OH is 1. The summed E-state index contributed by atoms with van der Waals surface area (Å²) in [6.45, 7) is 3.58. The van der Waals surface area contributed by atoms with E-state index in [2.05, 4.69) is 19.8 Å². The summed E-state index contributed by atoms with van der Waals surface area (Å²) >= 11 is 0. The fourth-order valence-corrected chi connectivity index (χ4v) is 3.87. The molecule has 1 aliphatic rings. The topological polar surface area (TPSA) is 61.7 Å². The third kappa shape index (κ3) is 5.46. The number of fused-ring (bicyclic) bond motifs is 1. The zero-order valence-electron chi connectivity index (χ0n) is 17.5. The first kappa shape index (κ1) is 22.3. The van der Waals surface area contributed by atoms with E-state index in [-0.39, 0.29) is 12.1 Å². The van der Waals surface area contributed by atoms with Crippen LogP contribution in [-0.4, -0.2) is 65.4 Å². The number of aromatic nitrogens is 2. The molecule has 1 aliphatic heterocycles. The predicted molar refractivity (Wildman–Crippen MR) is 116 cm³/mol. The molecule has 2 aromatic heterocycles. The second-order valence-corrected chi connectivity index (χ2v) is 7.81. The zero-order chi connectivity index (χ0) is 22.6. The predicted octanol–water partition coefficient (Wildman–Crippen LogP) is 3.60. The van der Waals surface area contributed by atoms with Gasteiger partial charge in [0, 0.05) is 37.8 Å². The average molecular weight is 446 g/mol. The Bertz CT molecular complexity index is 1030. The van der Waals surface area contributed by atoms with Gasteiger partial charge in [0.2, 0.25) is 0 Å². The number of aliphatic hydroxyl groups is 1. The molecule has 6 nitrogen and oxygen atoms in total. The van der Waals surface area contributed by atoms with Gasteiger partial charge in [-0.05, 0) is 43.3 Å². The molecule has 0 aliphatic carbocycles. The number of nitrogens with zero attached hydrogens (tertiary/aromatic N) is 4. The van der Waals surface area contributed by atoms with Gasteiger partial charge >= 0.3 is 6.18 Å². The number of alkyl halides is 3. The maximum absolute atomic E-state index is 13.0. The monoisotopic (exact) mass is 446 g/mol. The maximum atomic E-state index is 13.0. The van der Waals surface area contributed by atoms with E-state index >= 15 is 0 Å². The lowest BCUT2D eigenvalue weighted by atomic mass is 10.2. The van der Waals surface area contributed by atoms with Crippen LogP contribution in [-0.2, 0) is 6.18 Å². The molecule has 9 heteroatoms. The van der Waals surface area contributed by atoms with Gasteiger partial charge in [0.05, 0.1) is 5.52 Å². The Morgan fingerprint density at radius 3 is 2.59 bits per heavy atom. The van der Waals surface area contributed by atoms with Crippen LogP contribution in [0.4, 0.5) is 19.0 Å². The third-order valence-electron chi connectivity index (χ3n) is 5.43. The summed E-state index contributed by atoms with van der Waals surface area (Å²) in [6, 6.07) is 13.3. The minimum atomic E-state index is -4.48. The molecule has 0 bridgehead atoms.